The highest BCUT2D eigenvalue weighted by Crippen LogP contribution is 2.20. The van der Waals surface area contributed by atoms with Gasteiger partial charge in [0.15, 0.2) is 5.65 Å². The normalized spacial score (nSPS) is 10.7. The molecule has 1 aromatic carbocycles. The molecule has 3 rings (SSSR count). The van der Waals surface area contributed by atoms with E-state index in [0.29, 0.717) is 18.0 Å². The Morgan fingerprint density at radius 1 is 1.32 bits per heavy atom. The topological polar surface area (TPSA) is 77.8 Å². The Morgan fingerprint density at radius 2 is 2.08 bits per heavy atom. The Labute approximate surface area is 149 Å². The molecule has 1 N–H and O–H groups in total. The van der Waals surface area contributed by atoms with Crippen LogP contribution in [0, 0.1) is 0 Å². The van der Waals surface area contributed by atoms with Crippen LogP contribution in [-0.4, -0.2) is 34.3 Å². The second-order valence-electron chi connectivity index (χ2n) is 5.18. The molecule has 0 aliphatic carbocycles. The van der Waals surface area contributed by atoms with Gasteiger partial charge in [0.1, 0.15) is 22.3 Å². The van der Waals surface area contributed by atoms with E-state index in [9.17, 15) is 4.79 Å². The summed E-state index contributed by atoms with van der Waals surface area (Å²) in [5.74, 6) is 0.944. The molecule has 8 heteroatoms. The van der Waals surface area contributed by atoms with Crippen molar-refractivity contribution in [2.75, 3.05) is 19.0 Å². The van der Waals surface area contributed by atoms with Gasteiger partial charge in [-0.1, -0.05) is 23.7 Å². The summed E-state index contributed by atoms with van der Waals surface area (Å²) in [4.78, 5) is 16.2. The summed E-state index contributed by atoms with van der Waals surface area (Å²) in [5.41, 5.74) is 1.68. The molecule has 0 saturated carbocycles. The maximum Gasteiger partial charge on any atom is 0.343 e. The van der Waals surface area contributed by atoms with Crippen LogP contribution in [0.3, 0.4) is 0 Å². The first-order chi connectivity index (χ1) is 12.1. The highest BCUT2D eigenvalue weighted by Gasteiger charge is 2.17. The predicted octanol–water partition coefficient (Wildman–Crippen LogP) is 3.18. The zero-order valence-corrected chi connectivity index (χ0v) is 14.6. The number of methoxy groups -OCH3 is 1. The lowest BCUT2D eigenvalue weighted by atomic mass is 10.2. The molecule has 7 nitrogen and oxygen atoms in total. The standard InChI is InChI=1S/C17H17ClN4O3/c1-3-25-17(23)13-10-20-22-15(8-14(18)21-16(13)22)19-9-11-4-6-12(24-2)7-5-11/h4-8,10,19H,3,9H2,1-2H3. The molecule has 0 fully saturated rings. The molecular formula is C17H17ClN4O3. The van der Waals surface area contributed by atoms with Gasteiger partial charge in [0.2, 0.25) is 0 Å². The summed E-state index contributed by atoms with van der Waals surface area (Å²) in [7, 11) is 1.63. The zero-order chi connectivity index (χ0) is 17.8. The van der Waals surface area contributed by atoms with Crippen LogP contribution in [0.25, 0.3) is 5.65 Å². The number of carbonyl (C=O) groups is 1. The molecule has 2 aromatic heterocycles. The first-order valence-electron chi connectivity index (χ1n) is 7.70. The Hall–Kier alpha value is -2.80. The van der Waals surface area contributed by atoms with Crippen molar-refractivity contribution < 1.29 is 14.3 Å². The predicted molar refractivity (Wildman–Crippen MR) is 94.3 cm³/mol. The number of ether oxygens (including phenoxy) is 2. The van der Waals surface area contributed by atoms with E-state index >= 15 is 0 Å². The summed E-state index contributed by atoms with van der Waals surface area (Å²) in [6, 6.07) is 9.34. The SMILES string of the molecule is CCOC(=O)c1cnn2c(NCc3ccc(OC)cc3)cc(Cl)nc12. The van der Waals surface area contributed by atoms with Crippen LogP contribution >= 0.6 is 11.6 Å². The van der Waals surface area contributed by atoms with Gasteiger partial charge < -0.3 is 14.8 Å². The van der Waals surface area contributed by atoms with Crippen molar-refractivity contribution in [1.82, 2.24) is 14.6 Å². The number of halogens is 1. The number of hydrogen-bond acceptors (Lipinski definition) is 6. The van der Waals surface area contributed by atoms with E-state index in [1.807, 2.05) is 24.3 Å². The number of anilines is 1. The van der Waals surface area contributed by atoms with Gasteiger partial charge in [0.05, 0.1) is 19.9 Å². The molecular weight excluding hydrogens is 344 g/mol. The van der Waals surface area contributed by atoms with E-state index < -0.39 is 5.97 Å². The molecule has 25 heavy (non-hydrogen) atoms. The average molecular weight is 361 g/mol. The van der Waals surface area contributed by atoms with Gasteiger partial charge >= 0.3 is 5.97 Å². The summed E-state index contributed by atoms with van der Waals surface area (Å²) < 4.78 is 11.7. The summed E-state index contributed by atoms with van der Waals surface area (Å²) in [5, 5.41) is 7.72. The third-order valence-corrected chi connectivity index (χ3v) is 3.76. The largest absolute Gasteiger partial charge is 0.497 e. The Kier molecular flexibility index (Phi) is 5.04. The number of fused-ring (bicyclic) bond motifs is 1. The fourth-order valence-electron chi connectivity index (χ4n) is 2.35. The van der Waals surface area contributed by atoms with Crippen LogP contribution < -0.4 is 10.1 Å². The number of aromatic nitrogens is 3. The number of nitrogens with zero attached hydrogens (tertiary/aromatic N) is 3. The van der Waals surface area contributed by atoms with Gasteiger partial charge in [0, 0.05) is 12.6 Å². The van der Waals surface area contributed by atoms with E-state index in [-0.39, 0.29) is 17.3 Å². The van der Waals surface area contributed by atoms with Crippen LogP contribution in [0.4, 0.5) is 5.82 Å². The summed E-state index contributed by atoms with van der Waals surface area (Å²) in [6.45, 7) is 2.57. The van der Waals surface area contributed by atoms with E-state index in [1.54, 1.807) is 20.1 Å². The minimum Gasteiger partial charge on any atom is -0.497 e. The van der Waals surface area contributed by atoms with Crippen LogP contribution in [-0.2, 0) is 11.3 Å². The van der Waals surface area contributed by atoms with Gasteiger partial charge in [-0.2, -0.15) is 9.61 Å². The molecule has 0 amide bonds. The summed E-state index contributed by atoms with van der Waals surface area (Å²) >= 11 is 6.09. The fourth-order valence-corrected chi connectivity index (χ4v) is 2.53. The van der Waals surface area contributed by atoms with Crippen molar-refractivity contribution in [2.24, 2.45) is 0 Å². The van der Waals surface area contributed by atoms with Crippen molar-refractivity contribution in [3.8, 4) is 5.75 Å². The molecule has 130 valence electrons. The maximum atomic E-state index is 12.0. The highest BCUT2D eigenvalue weighted by molar-refractivity contribution is 6.29. The molecule has 0 saturated heterocycles. The lowest BCUT2D eigenvalue weighted by Gasteiger charge is -2.10. The first kappa shape index (κ1) is 17.0. The Morgan fingerprint density at radius 3 is 2.76 bits per heavy atom. The third kappa shape index (κ3) is 3.66. The van der Waals surface area contributed by atoms with E-state index in [2.05, 4.69) is 15.4 Å². The number of esters is 1. The average Bonchev–Trinajstić information content (AvgIpc) is 3.04. The minimum absolute atomic E-state index is 0.260. The van der Waals surface area contributed by atoms with Crippen molar-refractivity contribution in [2.45, 2.75) is 13.5 Å². The van der Waals surface area contributed by atoms with Crippen LogP contribution in [0.1, 0.15) is 22.8 Å². The Balaban J connectivity index is 1.86. The number of hydrogen-bond donors (Lipinski definition) is 1. The molecule has 0 radical (unpaired) electrons. The van der Waals surface area contributed by atoms with Crippen LogP contribution in [0.15, 0.2) is 36.5 Å². The fraction of sp³-hybridized carbons (Fsp3) is 0.235. The third-order valence-electron chi connectivity index (χ3n) is 3.57. The second kappa shape index (κ2) is 7.40. The van der Waals surface area contributed by atoms with Crippen LogP contribution in [0.2, 0.25) is 5.15 Å². The Bertz CT molecular complexity index is 893. The molecule has 3 aromatic rings. The van der Waals surface area contributed by atoms with Crippen molar-refractivity contribution in [1.29, 1.82) is 0 Å². The quantitative estimate of drug-likeness (QED) is 0.537. The van der Waals surface area contributed by atoms with Gasteiger partial charge in [-0.25, -0.2) is 9.78 Å². The molecule has 0 unspecified atom stereocenters. The van der Waals surface area contributed by atoms with Crippen molar-refractivity contribution in [3.05, 3.63) is 52.8 Å². The summed E-state index contributed by atoms with van der Waals surface area (Å²) in [6.07, 6.45) is 1.43. The monoisotopic (exact) mass is 360 g/mol. The van der Waals surface area contributed by atoms with Gasteiger partial charge in [-0.3, -0.25) is 0 Å². The minimum atomic E-state index is -0.478. The molecule has 0 aliphatic heterocycles. The zero-order valence-electron chi connectivity index (χ0n) is 13.8. The molecule has 0 atom stereocenters. The molecule has 0 spiro atoms. The number of nitrogens with one attached hydrogen (secondary N) is 1. The van der Waals surface area contributed by atoms with Gasteiger partial charge in [-0.15, -0.1) is 0 Å². The van der Waals surface area contributed by atoms with Crippen molar-refractivity contribution >= 4 is 29.0 Å². The van der Waals surface area contributed by atoms with Crippen LogP contribution in [0.5, 0.6) is 5.75 Å². The number of carbonyl (C=O) groups excluding carboxylic acids is 1. The lowest BCUT2D eigenvalue weighted by molar-refractivity contribution is 0.0528. The smallest absolute Gasteiger partial charge is 0.343 e. The first-order valence-corrected chi connectivity index (χ1v) is 8.08. The van der Waals surface area contributed by atoms with E-state index in [1.165, 1.54) is 10.7 Å². The molecule has 0 aliphatic rings. The number of rotatable bonds is 6. The van der Waals surface area contributed by atoms with E-state index in [4.69, 9.17) is 21.1 Å². The maximum absolute atomic E-state index is 12.0. The van der Waals surface area contributed by atoms with Gasteiger partial charge in [0.25, 0.3) is 0 Å². The lowest BCUT2D eigenvalue weighted by Crippen LogP contribution is -2.08. The van der Waals surface area contributed by atoms with E-state index in [0.717, 1.165) is 11.3 Å². The van der Waals surface area contributed by atoms with Gasteiger partial charge in [-0.05, 0) is 24.6 Å². The second-order valence-corrected chi connectivity index (χ2v) is 5.57. The highest BCUT2D eigenvalue weighted by atomic mass is 35.5. The van der Waals surface area contributed by atoms with Crippen molar-refractivity contribution in [3.63, 3.8) is 0 Å². The molecule has 0 bridgehead atoms. The number of benzene rings is 1. The molecule has 2 heterocycles.